The maximum Gasteiger partial charge on any atom is 0.345 e. The van der Waals surface area contributed by atoms with E-state index < -0.39 is 17.4 Å². The van der Waals surface area contributed by atoms with Crippen molar-refractivity contribution >= 4 is 29.3 Å². The van der Waals surface area contributed by atoms with Gasteiger partial charge in [-0.2, -0.15) is 0 Å². The number of benzene rings is 1. The lowest BCUT2D eigenvalue weighted by Crippen LogP contribution is -2.60. The van der Waals surface area contributed by atoms with E-state index in [1.165, 1.54) is 0 Å². The summed E-state index contributed by atoms with van der Waals surface area (Å²) < 4.78 is 5.08. The van der Waals surface area contributed by atoms with E-state index in [1.54, 1.807) is 24.3 Å². The molecule has 6 nitrogen and oxygen atoms in total. The lowest BCUT2D eigenvalue weighted by molar-refractivity contribution is -0.166. The average molecular weight is 521 g/mol. The molecule has 0 aromatic heterocycles. The molecule has 4 saturated carbocycles. The molecule has 6 heteroatoms. The summed E-state index contributed by atoms with van der Waals surface area (Å²) in [5, 5.41) is 0. The van der Waals surface area contributed by atoms with Crippen molar-refractivity contribution in [2.75, 3.05) is 0 Å². The summed E-state index contributed by atoms with van der Waals surface area (Å²) in [4.78, 5) is 64.4. The minimum Gasteiger partial charge on any atom is -0.389 e. The predicted molar refractivity (Wildman–Crippen MR) is 141 cm³/mol. The topological polar surface area (TPSA) is 94.6 Å². The van der Waals surface area contributed by atoms with Gasteiger partial charge in [-0.15, -0.1) is 0 Å². The summed E-state index contributed by atoms with van der Waals surface area (Å²) >= 11 is 0. The fraction of sp³-hybridized carbons (Fsp3) is 0.656. The van der Waals surface area contributed by atoms with E-state index in [4.69, 9.17) is 4.74 Å². The van der Waals surface area contributed by atoms with Gasteiger partial charge in [0, 0.05) is 43.4 Å². The summed E-state index contributed by atoms with van der Waals surface area (Å²) in [5.41, 5.74) is 0.666. The van der Waals surface area contributed by atoms with Crippen LogP contribution in [0.25, 0.3) is 0 Å². The highest BCUT2D eigenvalue weighted by Gasteiger charge is 2.66. The Morgan fingerprint density at radius 1 is 1.00 bits per heavy atom. The Kier molecular flexibility index (Phi) is 6.98. The zero-order valence-electron chi connectivity index (χ0n) is 23.1. The molecule has 0 aliphatic heterocycles. The molecular weight excluding hydrogens is 480 g/mol. The van der Waals surface area contributed by atoms with Gasteiger partial charge in [-0.1, -0.05) is 38.5 Å². The third kappa shape index (κ3) is 4.38. The summed E-state index contributed by atoms with van der Waals surface area (Å²) in [5.74, 6) is -0.246. The maximum absolute atomic E-state index is 13.9. The molecule has 8 atom stereocenters. The van der Waals surface area contributed by atoms with Crippen molar-refractivity contribution in [2.24, 2.45) is 46.3 Å². The van der Waals surface area contributed by atoms with Crippen molar-refractivity contribution < 1.29 is 28.7 Å². The van der Waals surface area contributed by atoms with Crippen molar-refractivity contribution in [3.05, 3.63) is 35.4 Å². The van der Waals surface area contributed by atoms with Crippen LogP contribution in [0.5, 0.6) is 0 Å². The van der Waals surface area contributed by atoms with Crippen LogP contribution in [0.3, 0.4) is 0 Å². The van der Waals surface area contributed by atoms with Crippen molar-refractivity contribution in [1.82, 2.24) is 0 Å². The molecule has 5 rings (SSSR count). The fourth-order valence-corrected chi connectivity index (χ4v) is 8.84. The first-order valence-electron chi connectivity index (χ1n) is 14.3. The van der Waals surface area contributed by atoms with E-state index in [0.717, 1.165) is 24.8 Å². The van der Waals surface area contributed by atoms with Crippen molar-refractivity contribution in [2.45, 2.75) is 85.5 Å². The molecule has 0 bridgehead atoms. The Morgan fingerprint density at radius 3 is 2.42 bits per heavy atom. The Labute approximate surface area is 225 Å². The first kappa shape index (κ1) is 27.0. The van der Waals surface area contributed by atoms with Gasteiger partial charge in [-0.05, 0) is 79.7 Å². The van der Waals surface area contributed by atoms with Gasteiger partial charge >= 0.3 is 11.9 Å². The molecule has 38 heavy (non-hydrogen) atoms. The monoisotopic (exact) mass is 520 g/mol. The molecular formula is C32H40O6. The quantitative estimate of drug-likeness (QED) is 0.366. The van der Waals surface area contributed by atoms with E-state index in [2.05, 4.69) is 20.8 Å². The molecule has 4 aliphatic rings. The van der Waals surface area contributed by atoms with Gasteiger partial charge in [0.05, 0.1) is 5.56 Å². The smallest absolute Gasteiger partial charge is 0.345 e. The molecule has 0 radical (unpaired) electrons. The minimum absolute atomic E-state index is 0.0270. The number of carbonyl (C=O) groups is 5. The van der Waals surface area contributed by atoms with Gasteiger partial charge < -0.3 is 4.74 Å². The Morgan fingerprint density at radius 2 is 1.71 bits per heavy atom. The fourth-order valence-electron chi connectivity index (χ4n) is 8.84. The van der Waals surface area contributed by atoms with Gasteiger partial charge in [0.15, 0.2) is 0 Å². The second kappa shape index (κ2) is 9.84. The van der Waals surface area contributed by atoms with Crippen LogP contribution in [0.4, 0.5) is 0 Å². The standard InChI is InChI=1S/C32H40O6/c1-18-5-8-20(9-6-18)30(37)38-28(36)12-7-19(2)23-10-11-24-29-25(17-27(35)32(23,24)4)31(3)14-13-22(33)15-21(31)16-26(29)34/h5-6,8-9,19,21,23-25,29H,7,10-17H2,1-4H3/t19-,21+,23-,24+,25+,29+,31+,32-/m1/s1. The highest BCUT2D eigenvalue weighted by molar-refractivity contribution is 5.97. The molecule has 0 N–H and O–H groups in total. The SMILES string of the molecule is Cc1ccc(C(=O)OC(=O)CC[C@@H](C)[C@H]2CC[C@H]3[C@@H]4C(=O)C[C@@H]5CC(=O)CC[C@]5(C)[C@H]4CC(=O)[C@]23C)cc1. The molecule has 0 amide bonds. The van der Waals surface area contributed by atoms with E-state index in [9.17, 15) is 24.0 Å². The minimum atomic E-state index is -0.643. The molecule has 1 aromatic carbocycles. The van der Waals surface area contributed by atoms with E-state index in [0.29, 0.717) is 37.7 Å². The van der Waals surface area contributed by atoms with Crippen molar-refractivity contribution in [1.29, 1.82) is 0 Å². The largest absolute Gasteiger partial charge is 0.389 e. The first-order chi connectivity index (χ1) is 17.9. The third-order valence-corrected chi connectivity index (χ3v) is 11.2. The van der Waals surface area contributed by atoms with Crippen LogP contribution in [-0.4, -0.2) is 29.3 Å². The summed E-state index contributed by atoms with van der Waals surface area (Å²) in [6.07, 6.45) is 5.05. The highest BCUT2D eigenvalue weighted by atomic mass is 16.6. The molecule has 0 saturated heterocycles. The van der Waals surface area contributed by atoms with Gasteiger partial charge in [-0.25, -0.2) is 4.79 Å². The number of Topliss-reactive ketones (excluding diaryl/α,β-unsaturated/α-hetero) is 3. The number of fused-ring (bicyclic) bond motifs is 5. The van der Waals surface area contributed by atoms with Crippen LogP contribution in [0.1, 0.15) is 94.5 Å². The second-order valence-electron chi connectivity index (χ2n) is 13.1. The summed E-state index contributed by atoms with van der Waals surface area (Å²) in [7, 11) is 0. The Balaban J connectivity index is 1.26. The number of ether oxygens (including phenoxy) is 1. The van der Waals surface area contributed by atoms with Crippen LogP contribution in [0, 0.1) is 53.3 Å². The predicted octanol–water partition coefficient (Wildman–Crippen LogP) is 5.68. The zero-order valence-corrected chi connectivity index (χ0v) is 23.1. The van der Waals surface area contributed by atoms with Crippen LogP contribution < -0.4 is 0 Å². The van der Waals surface area contributed by atoms with E-state index >= 15 is 0 Å². The molecule has 0 unspecified atom stereocenters. The number of ketones is 3. The molecule has 0 heterocycles. The summed E-state index contributed by atoms with van der Waals surface area (Å²) in [6.45, 7) is 8.30. The number of esters is 2. The van der Waals surface area contributed by atoms with E-state index in [1.807, 2.05) is 6.92 Å². The van der Waals surface area contributed by atoms with Crippen molar-refractivity contribution in [3.8, 4) is 0 Å². The zero-order chi connectivity index (χ0) is 27.4. The number of hydrogen-bond donors (Lipinski definition) is 0. The highest BCUT2D eigenvalue weighted by Crippen LogP contribution is 2.66. The molecule has 4 fully saturated rings. The van der Waals surface area contributed by atoms with Gasteiger partial charge in [-0.3, -0.25) is 19.2 Å². The number of hydrogen-bond acceptors (Lipinski definition) is 6. The normalized spacial score (nSPS) is 37.2. The molecule has 4 aliphatic carbocycles. The first-order valence-corrected chi connectivity index (χ1v) is 14.3. The van der Waals surface area contributed by atoms with Crippen molar-refractivity contribution in [3.63, 3.8) is 0 Å². The molecule has 1 aromatic rings. The number of aryl methyl sites for hydroxylation is 1. The second-order valence-corrected chi connectivity index (χ2v) is 13.1. The van der Waals surface area contributed by atoms with Crippen LogP contribution in [0.15, 0.2) is 24.3 Å². The maximum atomic E-state index is 13.9. The number of carbonyl (C=O) groups excluding carboxylic acids is 5. The molecule has 0 spiro atoms. The van der Waals surface area contributed by atoms with Gasteiger partial charge in [0.2, 0.25) is 0 Å². The Hall–Kier alpha value is -2.63. The lowest BCUT2D eigenvalue weighted by atomic mass is 9.44. The van der Waals surface area contributed by atoms with Gasteiger partial charge in [0.25, 0.3) is 0 Å². The average Bonchev–Trinajstić information content (AvgIpc) is 3.23. The van der Waals surface area contributed by atoms with E-state index in [-0.39, 0.29) is 64.7 Å². The van der Waals surface area contributed by atoms with Crippen LogP contribution >= 0.6 is 0 Å². The van der Waals surface area contributed by atoms with Crippen LogP contribution in [0.2, 0.25) is 0 Å². The van der Waals surface area contributed by atoms with Crippen LogP contribution in [-0.2, 0) is 23.9 Å². The summed E-state index contributed by atoms with van der Waals surface area (Å²) in [6, 6.07) is 6.90. The third-order valence-electron chi connectivity index (χ3n) is 11.2. The number of rotatable bonds is 5. The lowest BCUT2D eigenvalue weighted by Gasteiger charge is -2.58. The molecule has 204 valence electrons. The van der Waals surface area contributed by atoms with Gasteiger partial charge in [0.1, 0.15) is 17.3 Å². The Bertz CT molecular complexity index is 1170.